The zero-order valence-electron chi connectivity index (χ0n) is 7.78. The zero-order valence-corrected chi connectivity index (χ0v) is 8.54. The Bertz CT molecular complexity index is 500. The lowest BCUT2D eigenvalue weighted by Crippen LogP contribution is -2.00. The molecule has 0 saturated heterocycles. The number of benzene rings is 1. The van der Waals surface area contributed by atoms with Crippen LogP contribution >= 0.6 is 11.6 Å². The summed E-state index contributed by atoms with van der Waals surface area (Å²) in [6, 6.07) is 3.52. The van der Waals surface area contributed by atoms with Gasteiger partial charge in [-0.25, -0.2) is 8.78 Å². The molecule has 7 heteroatoms. The molecule has 2 rings (SSSR count). The van der Waals surface area contributed by atoms with Crippen LogP contribution in [0.25, 0.3) is 0 Å². The van der Waals surface area contributed by atoms with E-state index in [9.17, 15) is 8.78 Å². The monoisotopic (exact) mass is 242 g/mol. The average molecular weight is 243 g/mol. The van der Waals surface area contributed by atoms with Crippen molar-refractivity contribution in [2.75, 3.05) is 5.32 Å². The molecule has 0 radical (unpaired) electrons. The highest BCUT2D eigenvalue weighted by atomic mass is 35.5. The van der Waals surface area contributed by atoms with Crippen LogP contribution in [0.2, 0.25) is 5.28 Å². The molecular weight excluding hydrogens is 238 g/mol. The summed E-state index contributed by atoms with van der Waals surface area (Å²) < 4.78 is 26.5. The fraction of sp³-hybridized carbons (Fsp3) is 0. The van der Waals surface area contributed by atoms with Crippen molar-refractivity contribution in [1.29, 1.82) is 0 Å². The van der Waals surface area contributed by atoms with Crippen molar-refractivity contribution in [2.24, 2.45) is 0 Å². The van der Waals surface area contributed by atoms with Crippen molar-refractivity contribution >= 4 is 23.1 Å². The van der Waals surface area contributed by atoms with Crippen molar-refractivity contribution in [3.8, 4) is 0 Å². The first kappa shape index (κ1) is 10.7. The summed E-state index contributed by atoms with van der Waals surface area (Å²) in [7, 11) is 0. The third-order valence-corrected chi connectivity index (χ3v) is 1.91. The van der Waals surface area contributed by atoms with Gasteiger partial charge in [-0.2, -0.15) is 10.1 Å². The van der Waals surface area contributed by atoms with Crippen LogP contribution in [-0.2, 0) is 0 Å². The summed E-state index contributed by atoms with van der Waals surface area (Å²) in [5, 5.41) is 9.21. The second kappa shape index (κ2) is 4.36. The average Bonchev–Trinajstić information content (AvgIpc) is 2.24. The summed E-state index contributed by atoms with van der Waals surface area (Å²) in [5.41, 5.74) is -0.306. The number of rotatable bonds is 2. The van der Waals surface area contributed by atoms with E-state index in [0.717, 1.165) is 12.1 Å². The van der Waals surface area contributed by atoms with Crippen LogP contribution in [0.4, 0.5) is 20.3 Å². The van der Waals surface area contributed by atoms with Crippen molar-refractivity contribution in [3.63, 3.8) is 0 Å². The quantitative estimate of drug-likeness (QED) is 0.879. The Kier molecular flexibility index (Phi) is 2.91. The molecule has 4 nitrogen and oxygen atoms in total. The van der Waals surface area contributed by atoms with E-state index in [-0.39, 0.29) is 16.8 Å². The lowest BCUT2D eigenvalue weighted by atomic mass is 10.3. The summed E-state index contributed by atoms with van der Waals surface area (Å²) in [6.45, 7) is 0. The minimum atomic E-state index is -0.727. The van der Waals surface area contributed by atoms with Crippen LogP contribution in [0.15, 0.2) is 24.4 Å². The smallest absolute Gasteiger partial charge is 0.244 e. The molecule has 0 aliphatic rings. The van der Waals surface area contributed by atoms with Crippen molar-refractivity contribution < 1.29 is 8.78 Å². The van der Waals surface area contributed by atoms with E-state index in [1.54, 1.807) is 0 Å². The molecular formula is C9H5ClF2N4. The van der Waals surface area contributed by atoms with Crippen LogP contribution in [0.5, 0.6) is 0 Å². The summed E-state index contributed by atoms with van der Waals surface area (Å²) >= 11 is 5.48. The zero-order chi connectivity index (χ0) is 11.5. The molecule has 82 valence electrons. The minimum absolute atomic E-state index is 0.109. The van der Waals surface area contributed by atoms with Crippen LogP contribution in [-0.4, -0.2) is 15.2 Å². The van der Waals surface area contributed by atoms with Gasteiger partial charge in [-0.1, -0.05) is 6.07 Å². The van der Waals surface area contributed by atoms with Gasteiger partial charge in [0.25, 0.3) is 0 Å². The maximum Gasteiger partial charge on any atom is 0.244 e. The molecule has 0 aliphatic carbocycles. The molecule has 1 heterocycles. The lowest BCUT2D eigenvalue weighted by molar-refractivity contribution is 0.590. The molecule has 0 aliphatic heterocycles. The van der Waals surface area contributed by atoms with E-state index in [4.69, 9.17) is 11.6 Å². The second-order valence-corrected chi connectivity index (χ2v) is 3.17. The molecule has 0 unspecified atom stereocenters. The number of hydrogen-bond acceptors (Lipinski definition) is 4. The fourth-order valence-corrected chi connectivity index (χ4v) is 1.22. The number of nitrogens with one attached hydrogen (secondary N) is 1. The van der Waals surface area contributed by atoms with Crippen LogP contribution in [0.1, 0.15) is 0 Å². The Hall–Kier alpha value is -1.82. The van der Waals surface area contributed by atoms with Crippen LogP contribution in [0.3, 0.4) is 0 Å². The normalized spacial score (nSPS) is 10.2. The van der Waals surface area contributed by atoms with Gasteiger partial charge in [-0.05, 0) is 23.7 Å². The molecule has 1 aromatic heterocycles. The third kappa shape index (κ3) is 2.22. The van der Waals surface area contributed by atoms with Crippen molar-refractivity contribution in [3.05, 3.63) is 41.3 Å². The first-order valence-corrected chi connectivity index (χ1v) is 4.61. The minimum Gasteiger partial charge on any atom is -0.334 e. The Morgan fingerprint density at radius 2 is 1.88 bits per heavy atom. The molecule has 16 heavy (non-hydrogen) atoms. The summed E-state index contributed by atoms with van der Waals surface area (Å²) in [4.78, 5) is 3.70. The predicted octanol–water partition coefficient (Wildman–Crippen LogP) is 2.55. The summed E-state index contributed by atoms with van der Waals surface area (Å²) in [5.74, 6) is -1.34. The number of para-hydroxylation sites is 1. The topological polar surface area (TPSA) is 50.7 Å². The van der Waals surface area contributed by atoms with Gasteiger partial charge in [0.15, 0.2) is 5.82 Å². The van der Waals surface area contributed by atoms with Gasteiger partial charge in [-0.3, -0.25) is 0 Å². The summed E-state index contributed by atoms with van der Waals surface area (Å²) in [6.07, 6.45) is 1.21. The highest BCUT2D eigenvalue weighted by Gasteiger charge is 2.09. The molecule has 0 spiro atoms. The van der Waals surface area contributed by atoms with E-state index in [1.165, 1.54) is 12.3 Å². The molecule has 1 N–H and O–H groups in total. The number of halogens is 3. The fourth-order valence-electron chi connectivity index (χ4n) is 1.09. The van der Waals surface area contributed by atoms with Gasteiger partial charge in [-0.15, -0.1) is 5.10 Å². The molecule has 0 fully saturated rings. The van der Waals surface area contributed by atoms with E-state index in [0.29, 0.717) is 0 Å². The van der Waals surface area contributed by atoms with E-state index in [2.05, 4.69) is 20.5 Å². The van der Waals surface area contributed by atoms with Gasteiger partial charge < -0.3 is 5.32 Å². The third-order valence-electron chi connectivity index (χ3n) is 1.75. The Labute approximate surface area is 94.3 Å². The Morgan fingerprint density at radius 3 is 2.50 bits per heavy atom. The number of anilines is 2. The first-order chi connectivity index (χ1) is 7.66. The Balaban J connectivity index is 2.34. The second-order valence-electron chi connectivity index (χ2n) is 2.83. The highest BCUT2D eigenvalue weighted by molar-refractivity contribution is 6.28. The molecule has 0 amide bonds. The maximum atomic E-state index is 13.2. The van der Waals surface area contributed by atoms with Crippen molar-refractivity contribution in [1.82, 2.24) is 15.2 Å². The lowest BCUT2D eigenvalue weighted by Gasteiger charge is -2.06. The van der Waals surface area contributed by atoms with E-state index < -0.39 is 11.6 Å². The Morgan fingerprint density at radius 1 is 1.19 bits per heavy atom. The van der Waals surface area contributed by atoms with E-state index >= 15 is 0 Å². The number of aromatic nitrogens is 3. The van der Waals surface area contributed by atoms with Gasteiger partial charge >= 0.3 is 0 Å². The van der Waals surface area contributed by atoms with Crippen molar-refractivity contribution in [2.45, 2.75) is 0 Å². The number of hydrogen-bond donors (Lipinski definition) is 1. The first-order valence-electron chi connectivity index (χ1n) is 4.23. The van der Waals surface area contributed by atoms with Crippen LogP contribution < -0.4 is 5.32 Å². The molecule has 0 bridgehead atoms. The van der Waals surface area contributed by atoms with Gasteiger partial charge in [0.1, 0.15) is 17.3 Å². The molecule has 1 aromatic carbocycles. The SMILES string of the molecule is Fc1cccc(F)c1Nc1cnnc(Cl)n1. The molecule has 0 atom stereocenters. The number of nitrogens with zero attached hydrogens (tertiary/aromatic N) is 3. The highest BCUT2D eigenvalue weighted by Crippen LogP contribution is 2.21. The largest absolute Gasteiger partial charge is 0.334 e. The molecule has 0 saturated carbocycles. The van der Waals surface area contributed by atoms with Gasteiger partial charge in [0.05, 0.1) is 6.20 Å². The van der Waals surface area contributed by atoms with E-state index in [1.807, 2.05) is 0 Å². The standard InChI is InChI=1S/C9H5ClF2N4/c10-9-15-7(4-13-16-9)14-8-5(11)2-1-3-6(8)12/h1-4H,(H,14,15,16). The predicted molar refractivity (Wildman–Crippen MR) is 54.5 cm³/mol. The van der Waals surface area contributed by atoms with Gasteiger partial charge in [0.2, 0.25) is 5.28 Å². The maximum absolute atomic E-state index is 13.2. The molecule has 2 aromatic rings. The van der Waals surface area contributed by atoms with Crippen LogP contribution in [0, 0.1) is 11.6 Å². The van der Waals surface area contributed by atoms with Gasteiger partial charge in [0, 0.05) is 0 Å².